The van der Waals surface area contributed by atoms with Crippen molar-refractivity contribution in [3.63, 3.8) is 0 Å². The highest BCUT2D eigenvalue weighted by Crippen LogP contribution is 2.36. The van der Waals surface area contributed by atoms with E-state index in [1.54, 1.807) is 6.20 Å². The molecule has 2 N–H and O–H groups in total. The lowest BCUT2D eigenvalue weighted by molar-refractivity contribution is 0.273. The van der Waals surface area contributed by atoms with E-state index in [0.29, 0.717) is 11.8 Å². The van der Waals surface area contributed by atoms with Crippen LogP contribution < -0.4 is 0 Å². The second-order valence-corrected chi connectivity index (χ2v) is 4.48. The molecule has 2 aromatic rings. The molecule has 1 fully saturated rings. The molecule has 18 heavy (non-hydrogen) atoms. The third kappa shape index (κ3) is 2.22. The summed E-state index contributed by atoms with van der Waals surface area (Å²) in [6.45, 7) is 0.240. The minimum Gasteiger partial charge on any atom is -0.396 e. The molecular formula is C15H12N2O. The monoisotopic (exact) mass is 236 g/mol. The van der Waals surface area contributed by atoms with E-state index in [9.17, 15) is 0 Å². The van der Waals surface area contributed by atoms with Gasteiger partial charge in [-0.3, -0.25) is 5.10 Å². The Morgan fingerprint density at radius 3 is 3.17 bits per heavy atom. The van der Waals surface area contributed by atoms with Gasteiger partial charge in [0.15, 0.2) is 0 Å². The minimum absolute atomic E-state index is 0.240. The molecule has 0 aliphatic heterocycles. The topological polar surface area (TPSA) is 48.9 Å². The fourth-order valence-corrected chi connectivity index (χ4v) is 1.88. The molecule has 1 aliphatic rings. The summed E-state index contributed by atoms with van der Waals surface area (Å²) in [6.07, 6.45) is 2.79. The molecule has 0 radical (unpaired) electrons. The summed E-state index contributed by atoms with van der Waals surface area (Å²) in [5.41, 5.74) is 1.95. The predicted octanol–water partition coefficient (Wildman–Crippen LogP) is 1.55. The van der Waals surface area contributed by atoms with Crippen molar-refractivity contribution in [3.05, 3.63) is 30.0 Å². The zero-order chi connectivity index (χ0) is 12.4. The first-order valence-electron chi connectivity index (χ1n) is 5.92. The highest BCUT2D eigenvalue weighted by molar-refractivity contribution is 5.79. The number of benzene rings is 1. The maximum atomic E-state index is 8.88. The lowest BCUT2D eigenvalue weighted by atomic mass is 10.2. The van der Waals surface area contributed by atoms with Crippen LogP contribution in [0, 0.1) is 35.5 Å². The molecule has 2 atom stereocenters. The number of H-pyrrole nitrogens is 1. The van der Waals surface area contributed by atoms with E-state index in [-0.39, 0.29) is 6.61 Å². The number of hydrogen-bond acceptors (Lipinski definition) is 2. The molecule has 0 spiro atoms. The molecule has 3 nitrogen and oxygen atoms in total. The van der Waals surface area contributed by atoms with Gasteiger partial charge in [0.05, 0.1) is 11.7 Å². The van der Waals surface area contributed by atoms with Gasteiger partial charge < -0.3 is 5.11 Å². The largest absolute Gasteiger partial charge is 0.396 e. The molecule has 88 valence electrons. The molecule has 0 saturated heterocycles. The predicted molar refractivity (Wildman–Crippen MR) is 69.4 cm³/mol. The van der Waals surface area contributed by atoms with Gasteiger partial charge in [-0.25, -0.2) is 0 Å². The Bertz CT molecular complexity index is 694. The third-order valence-corrected chi connectivity index (χ3v) is 3.12. The molecule has 1 saturated carbocycles. The number of nitrogens with zero attached hydrogens (tertiary/aromatic N) is 1. The SMILES string of the molecule is OC[C@@H]1C[C@H]1C#CC#Cc1ccc2[nH]ncc2c1. The maximum Gasteiger partial charge on any atom is 0.0651 e. The first kappa shape index (κ1) is 10.9. The second kappa shape index (κ2) is 4.56. The van der Waals surface area contributed by atoms with E-state index < -0.39 is 0 Å². The van der Waals surface area contributed by atoms with Crippen molar-refractivity contribution in [1.29, 1.82) is 0 Å². The number of aliphatic hydroxyl groups excluding tert-OH is 1. The normalized spacial score (nSPS) is 20.7. The average Bonchev–Trinajstić information content (AvgIpc) is 3.00. The number of rotatable bonds is 1. The Morgan fingerprint density at radius 2 is 2.33 bits per heavy atom. The number of fused-ring (bicyclic) bond motifs is 1. The highest BCUT2D eigenvalue weighted by atomic mass is 16.3. The van der Waals surface area contributed by atoms with Gasteiger partial charge in [0.1, 0.15) is 0 Å². The van der Waals surface area contributed by atoms with Crippen molar-refractivity contribution in [2.24, 2.45) is 11.8 Å². The van der Waals surface area contributed by atoms with Crippen LogP contribution >= 0.6 is 0 Å². The van der Waals surface area contributed by atoms with Crippen molar-refractivity contribution in [1.82, 2.24) is 10.2 Å². The van der Waals surface area contributed by atoms with Gasteiger partial charge in [-0.15, -0.1) is 0 Å². The quantitative estimate of drug-likeness (QED) is 0.738. The summed E-state index contributed by atoms with van der Waals surface area (Å²) < 4.78 is 0. The molecule has 3 rings (SSSR count). The van der Waals surface area contributed by atoms with Crippen molar-refractivity contribution in [3.8, 4) is 23.7 Å². The van der Waals surface area contributed by atoms with Crippen LogP contribution in [0.25, 0.3) is 10.9 Å². The summed E-state index contributed by atoms with van der Waals surface area (Å²) in [5, 5.41) is 16.8. The molecule has 0 unspecified atom stereocenters. The molecule has 3 heteroatoms. The van der Waals surface area contributed by atoms with Crippen LogP contribution in [0.4, 0.5) is 0 Å². The van der Waals surface area contributed by atoms with Crippen LogP contribution in [0.1, 0.15) is 12.0 Å². The van der Waals surface area contributed by atoms with Crippen LogP contribution in [0.2, 0.25) is 0 Å². The third-order valence-electron chi connectivity index (χ3n) is 3.12. The van der Waals surface area contributed by atoms with Gasteiger partial charge in [-0.1, -0.05) is 11.8 Å². The van der Waals surface area contributed by atoms with Crippen molar-refractivity contribution in [2.45, 2.75) is 6.42 Å². The Kier molecular flexibility index (Phi) is 2.76. The maximum absolute atomic E-state index is 8.88. The second-order valence-electron chi connectivity index (χ2n) is 4.48. The number of aromatic amines is 1. The number of aliphatic hydroxyl groups is 1. The molecule has 0 amide bonds. The molecule has 1 aliphatic carbocycles. The Morgan fingerprint density at radius 1 is 1.39 bits per heavy atom. The summed E-state index contributed by atoms with van der Waals surface area (Å²) in [7, 11) is 0. The summed E-state index contributed by atoms with van der Waals surface area (Å²) >= 11 is 0. The molecule has 1 heterocycles. The smallest absolute Gasteiger partial charge is 0.0651 e. The fraction of sp³-hybridized carbons (Fsp3) is 0.267. The van der Waals surface area contributed by atoms with Crippen molar-refractivity contribution < 1.29 is 5.11 Å². The van der Waals surface area contributed by atoms with E-state index in [0.717, 1.165) is 22.9 Å². The Hall–Kier alpha value is -2.23. The van der Waals surface area contributed by atoms with Crippen molar-refractivity contribution >= 4 is 10.9 Å². The molecule has 1 aromatic heterocycles. The zero-order valence-corrected chi connectivity index (χ0v) is 9.77. The Labute approximate surface area is 105 Å². The van der Waals surface area contributed by atoms with Gasteiger partial charge in [-0.05, 0) is 42.4 Å². The number of aromatic nitrogens is 2. The first-order valence-corrected chi connectivity index (χ1v) is 5.92. The highest BCUT2D eigenvalue weighted by Gasteiger charge is 2.34. The summed E-state index contributed by atoms with van der Waals surface area (Å²) in [6, 6.07) is 5.90. The summed E-state index contributed by atoms with van der Waals surface area (Å²) in [4.78, 5) is 0. The summed E-state index contributed by atoms with van der Waals surface area (Å²) in [5.74, 6) is 12.5. The first-order chi connectivity index (χ1) is 8.86. The lowest BCUT2D eigenvalue weighted by Gasteiger charge is -1.89. The average molecular weight is 236 g/mol. The number of hydrogen-bond donors (Lipinski definition) is 2. The molecule has 1 aromatic carbocycles. The van der Waals surface area contributed by atoms with Crippen LogP contribution in [-0.4, -0.2) is 21.9 Å². The van der Waals surface area contributed by atoms with E-state index >= 15 is 0 Å². The van der Waals surface area contributed by atoms with Crippen LogP contribution in [-0.2, 0) is 0 Å². The van der Waals surface area contributed by atoms with Gasteiger partial charge in [0, 0.05) is 23.5 Å². The fourth-order valence-electron chi connectivity index (χ4n) is 1.88. The van der Waals surface area contributed by atoms with E-state index in [4.69, 9.17) is 5.11 Å². The van der Waals surface area contributed by atoms with Gasteiger partial charge in [0.2, 0.25) is 0 Å². The van der Waals surface area contributed by atoms with Crippen LogP contribution in [0.15, 0.2) is 24.4 Å². The minimum atomic E-state index is 0.240. The Balaban J connectivity index is 1.72. The number of nitrogens with one attached hydrogen (secondary N) is 1. The van der Waals surface area contributed by atoms with E-state index in [1.807, 2.05) is 18.2 Å². The van der Waals surface area contributed by atoms with Gasteiger partial charge in [-0.2, -0.15) is 5.10 Å². The van der Waals surface area contributed by atoms with Gasteiger partial charge in [0.25, 0.3) is 0 Å². The van der Waals surface area contributed by atoms with Crippen molar-refractivity contribution in [2.75, 3.05) is 6.61 Å². The van der Waals surface area contributed by atoms with Crippen LogP contribution in [0.5, 0.6) is 0 Å². The van der Waals surface area contributed by atoms with Gasteiger partial charge >= 0.3 is 0 Å². The van der Waals surface area contributed by atoms with Crippen LogP contribution in [0.3, 0.4) is 0 Å². The van der Waals surface area contributed by atoms with E-state index in [1.165, 1.54) is 0 Å². The van der Waals surface area contributed by atoms with E-state index in [2.05, 4.69) is 33.9 Å². The molecule has 0 bridgehead atoms. The standard InChI is InChI=1S/C15H12N2O/c18-10-14-8-12(14)4-2-1-3-11-5-6-15-13(7-11)9-16-17-15/h5-7,9,12,14,18H,8,10H2,(H,16,17)/t12-,14+/m1/s1. The zero-order valence-electron chi connectivity index (χ0n) is 9.77. The lowest BCUT2D eigenvalue weighted by Crippen LogP contribution is -1.85. The molecular weight excluding hydrogens is 224 g/mol.